The molecule has 0 bridgehead atoms. The minimum Gasteiger partial charge on any atom is -0.372 e. The number of carbonyl (C=O) groups excluding carboxylic acids is 2. The number of para-hydroxylation sites is 1. The first-order valence-corrected chi connectivity index (χ1v) is 8.54. The molecular weight excluding hydrogens is 381 g/mol. The normalized spacial score (nSPS) is 11.7. The zero-order chi connectivity index (χ0) is 21.6. The van der Waals surface area contributed by atoms with Gasteiger partial charge in [-0.2, -0.15) is 5.10 Å². The van der Waals surface area contributed by atoms with Gasteiger partial charge in [-0.3, -0.25) is 19.7 Å². The lowest BCUT2D eigenvalue weighted by atomic mass is 10.1. The fourth-order valence-corrected chi connectivity index (χ4v) is 2.34. The molecule has 1 atom stereocenters. The van der Waals surface area contributed by atoms with Gasteiger partial charge in [0, 0.05) is 25.7 Å². The third-order valence-corrected chi connectivity index (χ3v) is 3.98. The highest BCUT2D eigenvalue weighted by Crippen LogP contribution is 2.27. The van der Waals surface area contributed by atoms with Crippen LogP contribution in [0.15, 0.2) is 47.6 Å². The molecule has 0 saturated carbocycles. The summed E-state index contributed by atoms with van der Waals surface area (Å²) < 4.78 is 13.6. The quantitative estimate of drug-likeness (QED) is 0.320. The first kappa shape index (κ1) is 21.5. The number of halogens is 1. The Bertz CT molecular complexity index is 961. The number of benzene rings is 2. The lowest BCUT2D eigenvalue weighted by molar-refractivity contribution is -0.384. The van der Waals surface area contributed by atoms with Crippen molar-refractivity contribution in [3.8, 4) is 0 Å². The molecule has 0 radical (unpaired) electrons. The maximum atomic E-state index is 13.6. The number of nitrogens with zero attached hydrogens (tertiary/aromatic N) is 3. The Morgan fingerprint density at radius 2 is 1.90 bits per heavy atom. The predicted molar refractivity (Wildman–Crippen MR) is 107 cm³/mol. The lowest BCUT2D eigenvalue weighted by Crippen LogP contribution is -2.34. The monoisotopic (exact) mass is 401 g/mol. The van der Waals surface area contributed by atoms with Crippen LogP contribution in [0.1, 0.15) is 12.5 Å². The molecule has 2 rings (SSSR count). The molecule has 2 amide bonds. The number of hydrogen-bond acceptors (Lipinski definition) is 6. The van der Waals surface area contributed by atoms with E-state index in [-0.39, 0.29) is 11.4 Å². The first-order valence-electron chi connectivity index (χ1n) is 8.54. The molecule has 2 aromatic rings. The standard InChI is InChI=1S/C19H20FN5O4/c1-12(18(26)22-15-7-5-4-6-14(15)20)19(27)23-21-11-13-8-9-16(24(2)3)17(10-13)25(28)29/h4-12H,1-3H3,(H,22,26)(H,23,27). The van der Waals surface area contributed by atoms with Crippen LogP contribution in [0.3, 0.4) is 0 Å². The molecular formula is C19H20FN5O4. The molecule has 0 heterocycles. The van der Waals surface area contributed by atoms with Crippen LogP contribution in [0.25, 0.3) is 0 Å². The average Bonchev–Trinajstić information content (AvgIpc) is 2.68. The maximum absolute atomic E-state index is 13.6. The molecule has 0 spiro atoms. The van der Waals surface area contributed by atoms with Crippen molar-refractivity contribution in [2.75, 3.05) is 24.3 Å². The molecule has 0 aromatic heterocycles. The Balaban J connectivity index is 2.01. The molecule has 0 fully saturated rings. The second-order valence-corrected chi connectivity index (χ2v) is 6.32. The molecule has 10 heteroatoms. The number of amides is 2. The minimum absolute atomic E-state index is 0.0334. The maximum Gasteiger partial charge on any atom is 0.293 e. The third-order valence-electron chi connectivity index (χ3n) is 3.98. The van der Waals surface area contributed by atoms with Crippen molar-refractivity contribution in [3.05, 3.63) is 64.0 Å². The van der Waals surface area contributed by atoms with Crippen molar-refractivity contribution in [1.82, 2.24) is 5.43 Å². The lowest BCUT2D eigenvalue weighted by Gasteiger charge is -2.12. The molecule has 152 valence electrons. The van der Waals surface area contributed by atoms with Crippen LogP contribution in [-0.4, -0.2) is 37.0 Å². The van der Waals surface area contributed by atoms with Gasteiger partial charge in [0.05, 0.1) is 16.8 Å². The van der Waals surface area contributed by atoms with Crippen molar-refractivity contribution in [2.24, 2.45) is 11.0 Å². The highest BCUT2D eigenvalue weighted by molar-refractivity contribution is 6.06. The second kappa shape index (κ2) is 9.40. The van der Waals surface area contributed by atoms with Gasteiger partial charge in [0.25, 0.3) is 11.6 Å². The number of hydrogen-bond donors (Lipinski definition) is 2. The van der Waals surface area contributed by atoms with Gasteiger partial charge in [0.1, 0.15) is 17.4 Å². The topological polar surface area (TPSA) is 117 Å². The summed E-state index contributed by atoms with van der Waals surface area (Å²) in [6.07, 6.45) is 1.23. The van der Waals surface area contributed by atoms with Crippen molar-refractivity contribution >= 4 is 35.1 Å². The largest absolute Gasteiger partial charge is 0.372 e. The highest BCUT2D eigenvalue weighted by atomic mass is 19.1. The molecule has 0 aliphatic rings. The molecule has 1 unspecified atom stereocenters. The first-order chi connectivity index (χ1) is 13.7. The van der Waals surface area contributed by atoms with Crippen LogP contribution in [0.4, 0.5) is 21.5 Å². The Morgan fingerprint density at radius 1 is 1.21 bits per heavy atom. The van der Waals surface area contributed by atoms with Gasteiger partial charge in [-0.15, -0.1) is 0 Å². The smallest absolute Gasteiger partial charge is 0.293 e. The summed E-state index contributed by atoms with van der Waals surface area (Å²) >= 11 is 0. The number of hydrazone groups is 1. The van der Waals surface area contributed by atoms with Crippen LogP contribution >= 0.6 is 0 Å². The van der Waals surface area contributed by atoms with E-state index in [1.165, 1.54) is 37.4 Å². The number of anilines is 2. The fraction of sp³-hybridized carbons (Fsp3) is 0.211. The van der Waals surface area contributed by atoms with E-state index in [0.717, 1.165) is 0 Å². The van der Waals surface area contributed by atoms with Gasteiger partial charge in [-0.1, -0.05) is 18.2 Å². The van der Waals surface area contributed by atoms with Crippen molar-refractivity contribution in [1.29, 1.82) is 0 Å². The van der Waals surface area contributed by atoms with Crippen LogP contribution in [-0.2, 0) is 9.59 Å². The summed E-state index contributed by atoms with van der Waals surface area (Å²) in [6.45, 7) is 1.34. The zero-order valence-corrected chi connectivity index (χ0v) is 16.0. The average molecular weight is 401 g/mol. The van der Waals surface area contributed by atoms with Gasteiger partial charge in [0.15, 0.2) is 0 Å². The van der Waals surface area contributed by atoms with E-state index in [9.17, 15) is 24.1 Å². The van der Waals surface area contributed by atoms with E-state index in [2.05, 4.69) is 15.8 Å². The Hall–Kier alpha value is -3.82. The summed E-state index contributed by atoms with van der Waals surface area (Å²) in [5, 5.41) is 17.3. The summed E-state index contributed by atoms with van der Waals surface area (Å²) in [5.41, 5.74) is 2.87. The van der Waals surface area contributed by atoms with Gasteiger partial charge in [-0.05, 0) is 25.1 Å². The summed E-state index contributed by atoms with van der Waals surface area (Å²) in [6, 6.07) is 10.1. The molecule has 2 aromatic carbocycles. The highest BCUT2D eigenvalue weighted by Gasteiger charge is 2.22. The van der Waals surface area contributed by atoms with Crippen LogP contribution in [0.2, 0.25) is 0 Å². The van der Waals surface area contributed by atoms with Crippen molar-refractivity contribution < 1.29 is 18.9 Å². The molecule has 0 saturated heterocycles. The molecule has 29 heavy (non-hydrogen) atoms. The van der Waals surface area contributed by atoms with Gasteiger partial charge < -0.3 is 10.2 Å². The van der Waals surface area contributed by atoms with Crippen LogP contribution in [0, 0.1) is 21.8 Å². The predicted octanol–water partition coefficient (Wildman–Crippen LogP) is 2.52. The number of rotatable bonds is 7. The summed E-state index contributed by atoms with van der Waals surface area (Å²) in [7, 11) is 3.37. The Kier molecular flexibility index (Phi) is 6.96. The van der Waals surface area contributed by atoms with E-state index in [0.29, 0.717) is 11.3 Å². The van der Waals surface area contributed by atoms with E-state index >= 15 is 0 Å². The molecule has 0 aliphatic heterocycles. The second-order valence-electron chi connectivity index (χ2n) is 6.32. The van der Waals surface area contributed by atoms with Crippen molar-refractivity contribution in [2.45, 2.75) is 6.92 Å². The Labute approximate surface area is 166 Å². The molecule has 9 nitrogen and oxygen atoms in total. The number of nitrogens with one attached hydrogen (secondary N) is 2. The number of nitro groups is 1. The van der Waals surface area contributed by atoms with Gasteiger partial charge >= 0.3 is 0 Å². The molecule has 2 N–H and O–H groups in total. The fourth-order valence-electron chi connectivity index (χ4n) is 2.34. The number of carbonyl (C=O) groups is 2. The van der Waals surface area contributed by atoms with Crippen LogP contribution < -0.4 is 15.6 Å². The summed E-state index contributed by atoms with van der Waals surface area (Å²) in [5.74, 6) is -3.17. The van der Waals surface area contributed by atoms with E-state index in [1.54, 1.807) is 37.2 Å². The minimum atomic E-state index is -1.14. The SMILES string of the molecule is CC(C(=O)NN=Cc1ccc(N(C)C)c([N+](=O)[O-])c1)C(=O)Nc1ccccc1F. The summed E-state index contributed by atoms with van der Waals surface area (Å²) in [4.78, 5) is 36.5. The van der Waals surface area contributed by atoms with Crippen LogP contribution in [0.5, 0.6) is 0 Å². The van der Waals surface area contributed by atoms with E-state index in [4.69, 9.17) is 0 Å². The van der Waals surface area contributed by atoms with Gasteiger partial charge in [0.2, 0.25) is 5.91 Å². The van der Waals surface area contributed by atoms with E-state index < -0.39 is 28.5 Å². The van der Waals surface area contributed by atoms with Crippen molar-refractivity contribution in [3.63, 3.8) is 0 Å². The zero-order valence-electron chi connectivity index (χ0n) is 16.0. The number of nitro benzene ring substituents is 1. The Morgan fingerprint density at radius 3 is 2.52 bits per heavy atom. The third kappa shape index (κ3) is 5.58. The van der Waals surface area contributed by atoms with E-state index in [1.807, 2.05) is 0 Å². The van der Waals surface area contributed by atoms with Gasteiger partial charge in [-0.25, -0.2) is 9.82 Å². The molecule has 0 aliphatic carbocycles.